The van der Waals surface area contributed by atoms with E-state index in [1.807, 2.05) is 4.90 Å². The van der Waals surface area contributed by atoms with Crippen molar-refractivity contribution >= 4 is 29.1 Å². The molecule has 8 heteroatoms. The molecule has 0 saturated carbocycles. The van der Waals surface area contributed by atoms with Gasteiger partial charge in [0.05, 0.1) is 23.8 Å². The lowest BCUT2D eigenvalue weighted by atomic mass is 9.89. The maximum Gasteiger partial charge on any atom is 0.255 e. The molecular formula is C22H23ClFN3O3. The molecular weight excluding hydrogens is 409 g/mol. The van der Waals surface area contributed by atoms with E-state index in [9.17, 15) is 14.0 Å². The number of morpholine rings is 1. The highest BCUT2D eigenvalue weighted by atomic mass is 35.5. The van der Waals surface area contributed by atoms with Crippen LogP contribution in [0.15, 0.2) is 36.5 Å². The van der Waals surface area contributed by atoms with E-state index in [1.54, 1.807) is 17.2 Å². The second-order valence-corrected chi connectivity index (χ2v) is 7.97. The molecule has 1 aromatic heterocycles. The number of amides is 1. The molecule has 0 aliphatic carbocycles. The standard InChI is InChI=1S/C22H23ClFN3O3/c23-19-13-17(22(29)27-9-11-30-12-10-27)14-25-21(19)26-7-5-16(6-8-26)20(28)15-1-3-18(24)4-2-15/h1-4,13-14,16H,5-12H2. The molecule has 0 N–H and O–H groups in total. The van der Waals surface area contributed by atoms with Crippen LogP contribution in [0.5, 0.6) is 0 Å². The van der Waals surface area contributed by atoms with Gasteiger partial charge in [-0.1, -0.05) is 11.6 Å². The average Bonchev–Trinajstić information content (AvgIpc) is 2.79. The van der Waals surface area contributed by atoms with Crippen LogP contribution in [-0.4, -0.2) is 61.0 Å². The van der Waals surface area contributed by atoms with Crippen molar-refractivity contribution in [3.63, 3.8) is 0 Å². The molecule has 2 aromatic rings. The van der Waals surface area contributed by atoms with Gasteiger partial charge in [-0.2, -0.15) is 0 Å². The number of Topliss-reactive ketones (excluding diaryl/α,β-unsaturated/α-hetero) is 1. The van der Waals surface area contributed by atoms with Crippen LogP contribution in [0.4, 0.5) is 10.2 Å². The summed E-state index contributed by atoms with van der Waals surface area (Å²) in [6, 6.07) is 7.36. The third-order valence-electron chi connectivity index (χ3n) is 5.66. The summed E-state index contributed by atoms with van der Waals surface area (Å²) in [6.45, 7) is 3.48. The van der Waals surface area contributed by atoms with Crippen molar-refractivity contribution in [3.05, 3.63) is 58.5 Å². The predicted octanol–water partition coefficient (Wildman–Crippen LogP) is 3.45. The number of carbonyl (C=O) groups is 2. The Morgan fingerprint density at radius 3 is 2.33 bits per heavy atom. The maximum absolute atomic E-state index is 13.1. The molecule has 1 amide bonds. The van der Waals surface area contributed by atoms with Crippen molar-refractivity contribution in [2.45, 2.75) is 12.8 Å². The minimum Gasteiger partial charge on any atom is -0.378 e. The predicted molar refractivity (Wildman–Crippen MR) is 112 cm³/mol. The van der Waals surface area contributed by atoms with E-state index in [2.05, 4.69) is 4.98 Å². The number of hydrogen-bond acceptors (Lipinski definition) is 5. The molecule has 2 saturated heterocycles. The maximum atomic E-state index is 13.1. The largest absolute Gasteiger partial charge is 0.378 e. The van der Waals surface area contributed by atoms with Gasteiger partial charge in [0.2, 0.25) is 0 Å². The number of carbonyl (C=O) groups excluding carboxylic acids is 2. The van der Waals surface area contributed by atoms with Crippen LogP contribution in [0.2, 0.25) is 5.02 Å². The molecule has 3 heterocycles. The lowest BCUT2D eigenvalue weighted by Crippen LogP contribution is -2.41. The van der Waals surface area contributed by atoms with Crippen molar-refractivity contribution in [1.29, 1.82) is 0 Å². The molecule has 0 bridgehead atoms. The summed E-state index contributed by atoms with van der Waals surface area (Å²) in [5.41, 5.74) is 1.00. The number of piperidine rings is 1. The van der Waals surface area contributed by atoms with Crippen molar-refractivity contribution < 1.29 is 18.7 Å². The van der Waals surface area contributed by atoms with Crippen LogP contribution in [0.25, 0.3) is 0 Å². The van der Waals surface area contributed by atoms with E-state index < -0.39 is 0 Å². The first-order chi connectivity index (χ1) is 14.5. The smallest absolute Gasteiger partial charge is 0.255 e. The molecule has 2 fully saturated rings. The SMILES string of the molecule is O=C(c1ccc(F)cc1)C1CCN(c2ncc(C(=O)N3CCOCC3)cc2Cl)CC1. The molecule has 0 atom stereocenters. The zero-order valence-corrected chi connectivity index (χ0v) is 17.3. The molecule has 2 aliphatic heterocycles. The fourth-order valence-corrected chi connectivity index (χ4v) is 4.22. The number of pyridine rings is 1. The molecule has 2 aliphatic rings. The summed E-state index contributed by atoms with van der Waals surface area (Å²) < 4.78 is 18.4. The Labute approximate surface area is 179 Å². The number of aromatic nitrogens is 1. The molecule has 0 unspecified atom stereocenters. The average molecular weight is 432 g/mol. The molecule has 1 aromatic carbocycles. The third-order valence-corrected chi connectivity index (χ3v) is 5.94. The number of nitrogens with zero attached hydrogens (tertiary/aromatic N) is 3. The zero-order valence-electron chi connectivity index (χ0n) is 16.5. The number of ether oxygens (including phenoxy) is 1. The monoisotopic (exact) mass is 431 g/mol. The molecule has 6 nitrogen and oxygen atoms in total. The number of anilines is 1. The van der Waals surface area contributed by atoms with Crippen molar-refractivity contribution in [2.75, 3.05) is 44.3 Å². The Bertz CT molecular complexity index is 924. The van der Waals surface area contributed by atoms with Crippen LogP contribution in [0.3, 0.4) is 0 Å². The van der Waals surface area contributed by atoms with Gasteiger partial charge < -0.3 is 14.5 Å². The molecule has 0 spiro atoms. The summed E-state index contributed by atoms with van der Waals surface area (Å²) in [4.78, 5) is 33.5. The van der Waals surface area contributed by atoms with E-state index in [0.717, 1.165) is 0 Å². The highest BCUT2D eigenvalue weighted by Gasteiger charge is 2.28. The van der Waals surface area contributed by atoms with E-state index in [4.69, 9.17) is 16.3 Å². The first-order valence-electron chi connectivity index (χ1n) is 10.1. The minimum absolute atomic E-state index is 0.0418. The molecule has 30 heavy (non-hydrogen) atoms. The van der Waals surface area contributed by atoms with E-state index in [1.165, 1.54) is 24.3 Å². The Hall–Kier alpha value is -2.51. The fraction of sp³-hybridized carbons (Fsp3) is 0.409. The highest BCUT2D eigenvalue weighted by molar-refractivity contribution is 6.33. The van der Waals surface area contributed by atoms with Gasteiger partial charge in [-0.15, -0.1) is 0 Å². The van der Waals surface area contributed by atoms with Crippen LogP contribution >= 0.6 is 11.6 Å². The second kappa shape index (κ2) is 9.10. The highest BCUT2D eigenvalue weighted by Crippen LogP contribution is 2.30. The van der Waals surface area contributed by atoms with Crippen LogP contribution < -0.4 is 4.90 Å². The third kappa shape index (κ3) is 4.47. The van der Waals surface area contributed by atoms with Gasteiger partial charge in [0.1, 0.15) is 11.6 Å². The first kappa shape index (κ1) is 20.8. The Morgan fingerprint density at radius 2 is 1.70 bits per heavy atom. The minimum atomic E-state index is -0.349. The van der Waals surface area contributed by atoms with Crippen molar-refractivity contribution in [2.24, 2.45) is 5.92 Å². The topological polar surface area (TPSA) is 62.7 Å². The van der Waals surface area contributed by atoms with E-state index in [-0.39, 0.29) is 23.4 Å². The number of ketones is 1. The van der Waals surface area contributed by atoms with Gasteiger partial charge in [-0.05, 0) is 43.2 Å². The number of hydrogen-bond donors (Lipinski definition) is 0. The zero-order chi connectivity index (χ0) is 21.1. The Kier molecular flexibility index (Phi) is 6.29. The Morgan fingerprint density at radius 1 is 1.03 bits per heavy atom. The lowest BCUT2D eigenvalue weighted by Gasteiger charge is -2.33. The van der Waals surface area contributed by atoms with Crippen LogP contribution in [-0.2, 0) is 4.74 Å². The summed E-state index contributed by atoms with van der Waals surface area (Å²) in [5, 5.41) is 0.428. The van der Waals surface area contributed by atoms with E-state index in [0.29, 0.717) is 74.2 Å². The normalized spacial score (nSPS) is 17.8. The fourth-order valence-electron chi connectivity index (χ4n) is 3.93. The summed E-state index contributed by atoms with van der Waals surface area (Å²) in [5.74, 6) is 0.121. The summed E-state index contributed by atoms with van der Waals surface area (Å²) in [6.07, 6.45) is 2.90. The summed E-state index contributed by atoms with van der Waals surface area (Å²) >= 11 is 6.45. The second-order valence-electron chi connectivity index (χ2n) is 7.57. The van der Waals surface area contributed by atoms with Gasteiger partial charge in [0.25, 0.3) is 5.91 Å². The number of rotatable bonds is 4. The Balaban J connectivity index is 1.39. The first-order valence-corrected chi connectivity index (χ1v) is 10.5. The molecule has 4 rings (SSSR count). The molecule has 0 radical (unpaired) electrons. The van der Waals surface area contributed by atoms with Crippen molar-refractivity contribution in [1.82, 2.24) is 9.88 Å². The van der Waals surface area contributed by atoms with Gasteiger partial charge in [-0.25, -0.2) is 9.37 Å². The van der Waals surface area contributed by atoms with Gasteiger partial charge in [0.15, 0.2) is 5.78 Å². The van der Waals surface area contributed by atoms with Gasteiger partial charge in [0, 0.05) is 43.9 Å². The quantitative estimate of drug-likeness (QED) is 0.694. The van der Waals surface area contributed by atoms with Gasteiger partial charge in [-0.3, -0.25) is 9.59 Å². The van der Waals surface area contributed by atoms with Gasteiger partial charge >= 0.3 is 0 Å². The van der Waals surface area contributed by atoms with E-state index >= 15 is 0 Å². The van der Waals surface area contributed by atoms with Crippen LogP contribution in [0, 0.1) is 11.7 Å². The summed E-state index contributed by atoms with van der Waals surface area (Å²) in [7, 11) is 0. The number of halogens is 2. The number of benzene rings is 1. The van der Waals surface area contributed by atoms with Crippen LogP contribution in [0.1, 0.15) is 33.6 Å². The lowest BCUT2D eigenvalue weighted by molar-refractivity contribution is 0.0302. The molecule has 158 valence electrons. The van der Waals surface area contributed by atoms with Crippen molar-refractivity contribution in [3.8, 4) is 0 Å².